The van der Waals surface area contributed by atoms with Crippen LogP contribution in [0, 0.1) is 0 Å². The zero-order chi connectivity index (χ0) is 35.7. The number of ether oxygens (including phenoxy) is 6. The van der Waals surface area contributed by atoms with Gasteiger partial charge >= 0.3 is 35.8 Å². The Kier molecular flexibility index (Phi) is 13.4. The fourth-order valence-corrected chi connectivity index (χ4v) is 4.84. The number of nitrogens with one attached hydrogen (secondary N) is 2. The summed E-state index contributed by atoms with van der Waals surface area (Å²) in [6.45, 7) is 10.2. The van der Waals surface area contributed by atoms with Crippen LogP contribution in [0.5, 0.6) is 0 Å². The summed E-state index contributed by atoms with van der Waals surface area (Å²) in [6, 6.07) is 0. The summed E-state index contributed by atoms with van der Waals surface area (Å²) in [7, 11) is 4.92. The third-order valence-electron chi connectivity index (χ3n) is 6.88. The average Bonchev–Trinajstić information content (AvgIpc) is 3.49. The Hall–Kier alpha value is -4.62. The first kappa shape index (κ1) is 38.6. The van der Waals surface area contributed by atoms with E-state index in [9.17, 15) is 28.8 Å². The molecule has 0 spiro atoms. The van der Waals surface area contributed by atoms with Crippen LogP contribution in [0.3, 0.4) is 0 Å². The molecular formula is C33H46N2O12. The van der Waals surface area contributed by atoms with Crippen molar-refractivity contribution in [2.24, 2.45) is 0 Å². The maximum absolute atomic E-state index is 13.4. The lowest BCUT2D eigenvalue weighted by molar-refractivity contribution is -0.141. The molecule has 0 aromatic carbocycles. The van der Waals surface area contributed by atoms with Gasteiger partial charge in [0.2, 0.25) is 0 Å². The third-order valence-corrected chi connectivity index (χ3v) is 6.88. The number of carbonyl (C=O) groups excluding carboxylic acids is 6. The van der Waals surface area contributed by atoms with Gasteiger partial charge < -0.3 is 38.4 Å². The van der Waals surface area contributed by atoms with E-state index in [1.807, 2.05) is 0 Å². The molecular weight excluding hydrogens is 616 g/mol. The maximum atomic E-state index is 13.4. The maximum Gasteiger partial charge on any atom is 0.355 e. The van der Waals surface area contributed by atoms with Crippen molar-refractivity contribution in [3.05, 3.63) is 45.0 Å². The molecule has 0 aliphatic heterocycles. The van der Waals surface area contributed by atoms with Crippen molar-refractivity contribution in [3.8, 4) is 0 Å². The van der Waals surface area contributed by atoms with E-state index in [4.69, 9.17) is 28.4 Å². The van der Waals surface area contributed by atoms with Crippen molar-refractivity contribution in [2.45, 2.75) is 97.7 Å². The van der Waals surface area contributed by atoms with Gasteiger partial charge in [-0.2, -0.15) is 0 Å². The van der Waals surface area contributed by atoms with E-state index in [1.54, 1.807) is 41.5 Å². The highest BCUT2D eigenvalue weighted by Crippen LogP contribution is 2.31. The van der Waals surface area contributed by atoms with Gasteiger partial charge in [0.25, 0.3) is 0 Å². The van der Waals surface area contributed by atoms with Crippen LogP contribution in [0.4, 0.5) is 0 Å². The lowest BCUT2D eigenvalue weighted by Crippen LogP contribution is -2.25. The van der Waals surface area contributed by atoms with Crippen LogP contribution < -0.4 is 0 Å². The summed E-state index contributed by atoms with van der Waals surface area (Å²) < 4.78 is 30.7. The minimum atomic E-state index is -0.872. The quantitative estimate of drug-likeness (QED) is 0.222. The average molecular weight is 663 g/mol. The first-order valence-corrected chi connectivity index (χ1v) is 15.0. The van der Waals surface area contributed by atoms with Crippen molar-refractivity contribution in [1.82, 2.24) is 9.97 Å². The molecule has 14 nitrogen and oxygen atoms in total. The van der Waals surface area contributed by atoms with Crippen molar-refractivity contribution < 1.29 is 57.2 Å². The van der Waals surface area contributed by atoms with Crippen molar-refractivity contribution >= 4 is 35.8 Å². The van der Waals surface area contributed by atoms with Gasteiger partial charge in [-0.3, -0.25) is 19.2 Å². The standard InChI is InChI=1S/C33H46N2O12/c1-32(2,3)46-30(40)28-20(15-26(38)44-9)18(11-13-24(36)42-7)22(34-28)17-23-19(12-14-25(37)43-8)21(16-27(39)45-10)29(35-23)31(41)47-33(4,5)6/h34-35H,11-17H2,1-10H3. The summed E-state index contributed by atoms with van der Waals surface area (Å²) >= 11 is 0. The van der Waals surface area contributed by atoms with E-state index in [1.165, 1.54) is 28.4 Å². The van der Waals surface area contributed by atoms with E-state index in [2.05, 4.69) is 9.97 Å². The molecule has 0 amide bonds. The molecule has 0 aliphatic rings. The lowest BCUT2D eigenvalue weighted by Gasteiger charge is -2.19. The number of methoxy groups -OCH3 is 4. The first-order chi connectivity index (χ1) is 21.8. The highest BCUT2D eigenvalue weighted by Gasteiger charge is 2.31. The molecule has 2 heterocycles. The second kappa shape index (κ2) is 16.3. The zero-order valence-electron chi connectivity index (χ0n) is 28.8. The van der Waals surface area contributed by atoms with Gasteiger partial charge in [0, 0.05) is 30.7 Å². The van der Waals surface area contributed by atoms with Crippen LogP contribution in [0.15, 0.2) is 0 Å². The Morgan fingerprint density at radius 1 is 0.511 bits per heavy atom. The fraction of sp³-hybridized carbons (Fsp3) is 0.576. The predicted octanol–water partition coefficient (Wildman–Crippen LogP) is 3.49. The van der Waals surface area contributed by atoms with Crippen LogP contribution in [-0.2, 0) is 79.7 Å². The van der Waals surface area contributed by atoms with Crippen molar-refractivity contribution in [2.75, 3.05) is 28.4 Å². The van der Waals surface area contributed by atoms with Gasteiger partial charge in [-0.05, 0) is 76.6 Å². The topological polar surface area (TPSA) is 189 Å². The summed E-state index contributed by atoms with van der Waals surface area (Å²) in [5, 5.41) is 0. The Labute approximate surface area is 274 Å². The minimum Gasteiger partial charge on any atom is -0.469 e. The molecule has 2 aromatic rings. The number of carbonyl (C=O) groups is 6. The molecule has 14 heteroatoms. The Bertz CT molecular complexity index is 1370. The van der Waals surface area contributed by atoms with Crippen molar-refractivity contribution in [1.29, 1.82) is 0 Å². The highest BCUT2D eigenvalue weighted by molar-refractivity contribution is 5.93. The number of rotatable bonds is 14. The van der Waals surface area contributed by atoms with Gasteiger partial charge in [0.05, 0.1) is 41.3 Å². The molecule has 0 aliphatic carbocycles. The van der Waals surface area contributed by atoms with Gasteiger partial charge in [-0.25, -0.2) is 9.59 Å². The zero-order valence-corrected chi connectivity index (χ0v) is 28.8. The van der Waals surface area contributed by atoms with E-state index in [-0.39, 0.29) is 67.5 Å². The monoisotopic (exact) mass is 662 g/mol. The Morgan fingerprint density at radius 3 is 1.11 bits per heavy atom. The minimum absolute atomic E-state index is 0.00925. The number of hydrogen-bond acceptors (Lipinski definition) is 12. The molecule has 260 valence electrons. The summed E-state index contributed by atoms with van der Waals surface area (Å²) in [5.74, 6) is -3.78. The van der Waals surface area contributed by atoms with Crippen LogP contribution in [-0.4, -0.2) is 85.4 Å². The molecule has 0 saturated heterocycles. The van der Waals surface area contributed by atoms with E-state index < -0.39 is 47.0 Å². The second-order valence-electron chi connectivity index (χ2n) is 12.7. The molecule has 0 fully saturated rings. The van der Waals surface area contributed by atoms with Crippen LogP contribution in [0.25, 0.3) is 0 Å². The third kappa shape index (κ3) is 11.3. The highest BCUT2D eigenvalue weighted by atomic mass is 16.6. The molecule has 2 aromatic heterocycles. The summed E-state index contributed by atoms with van der Waals surface area (Å²) in [4.78, 5) is 82.5. The van der Waals surface area contributed by atoms with Crippen LogP contribution in [0.1, 0.15) is 109 Å². The molecule has 0 unspecified atom stereocenters. The van der Waals surface area contributed by atoms with Crippen LogP contribution >= 0.6 is 0 Å². The van der Waals surface area contributed by atoms with Crippen molar-refractivity contribution in [3.63, 3.8) is 0 Å². The molecule has 47 heavy (non-hydrogen) atoms. The van der Waals surface area contributed by atoms with E-state index >= 15 is 0 Å². The smallest absolute Gasteiger partial charge is 0.355 e. The fourth-order valence-electron chi connectivity index (χ4n) is 4.84. The van der Waals surface area contributed by atoms with E-state index in [0.29, 0.717) is 22.5 Å². The molecule has 0 radical (unpaired) electrons. The molecule has 2 rings (SSSR count). The van der Waals surface area contributed by atoms with E-state index in [0.717, 1.165) is 0 Å². The number of esters is 6. The summed E-state index contributed by atoms with van der Waals surface area (Å²) in [5.41, 5.74) is 0.529. The number of hydrogen-bond donors (Lipinski definition) is 2. The number of aromatic amines is 2. The molecule has 0 bridgehead atoms. The molecule has 2 N–H and O–H groups in total. The molecule has 0 saturated carbocycles. The largest absolute Gasteiger partial charge is 0.469 e. The normalized spacial score (nSPS) is 11.4. The van der Waals surface area contributed by atoms with Gasteiger partial charge in [0.15, 0.2) is 0 Å². The first-order valence-electron chi connectivity index (χ1n) is 15.0. The SMILES string of the molecule is COC(=O)CCc1c(Cc2[nH]c(C(=O)OC(C)(C)C)c(CC(=O)OC)c2CCC(=O)OC)[nH]c(C(=O)OC(C)(C)C)c1CC(=O)OC. The van der Waals surface area contributed by atoms with Gasteiger partial charge in [-0.15, -0.1) is 0 Å². The van der Waals surface area contributed by atoms with Crippen LogP contribution in [0.2, 0.25) is 0 Å². The predicted molar refractivity (Wildman–Crippen MR) is 167 cm³/mol. The summed E-state index contributed by atoms with van der Waals surface area (Å²) in [6.07, 6.45) is -0.663. The number of H-pyrrole nitrogens is 2. The Balaban J connectivity index is 2.89. The van der Waals surface area contributed by atoms with Gasteiger partial charge in [-0.1, -0.05) is 0 Å². The number of aromatic nitrogens is 2. The van der Waals surface area contributed by atoms with Gasteiger partial charge in [0.1, 0.15) is 22.6 Å². The second-order valence-corrected chi connectivity index (χ2v) is 12.7. The lowest BCUT2D eigenvalue weighted by atomic mass is 9.95. The Morgan fingerprint density at radius 2 is 0.830 bits per heavy atom. The molecule has 0 atom stereocenters.